The second-order valence-electron chi connectivity index (χ2n) is 7.39. The highest BCUT2D eigenvalue weighted by molar-refractivity contribution is 7.89. The van der Waals surface area contributed by atoms with Gasteiger partial charge in [0.25, 0.3) is 5.91 Å². The molecule has 2 saturated heterocycles. The van der Waals surface area contributed by atoms with Gasteiger partial charge in [0, 0.05) is 32.7 Å². The first-order chi connectivity index (χ1) is 12.7. The number of piperidine rings is 1. The molecule has 0 radical (unpaired) electrons. The van der Waals surface area contributed by atoms with Crippen LogP contribution in [0.15, 0.2) is 23.1 Å². The molecule has 3 rings (SSSR count). The monoisotopic (exact) mass is 394 g/mol. The lowest BCUT2D eigenvalue weighted by Gasteiger charge is -2.35. The van der Waals surface area contributed by atoms with Crippen LogP contribution in [-0.4, -0.2) is 68.8 Å². The van der Waals surface area contributed by atoms with Crippen molar-refractivity contribution in [1.82, 2.24) is 15.1 Å². The lowest BCUT2D eigenvalue weighted by Crippen LogP contribution is -2.50. The number of benzene rings is 1. The van der Waals surface area contributed by atoms with E-state index in [9.17, 15) is 18.0 Å². The molecule has 0 saturated carbocycles. The van der Waals surface area contributed by atoms with Gasteiger partial charge in [0.2, 0.25) is 15.9 Å². The summed E-state index contributed by atoms with van der Waals surface area (Å²) in [4.78, 5) is 28.6. The number of nitrogens with two attached hydrogens (primary N) is 1. The Morgan fingerprint density at radius 2 is 1.85 bits per heavy atom. The van der Waals surface area contributed by atoms with Gasteiger partial charge < -0.3 is 10.2 Å². The molecule has 2 fully saturated rings. The van der Waals surface area contributed by atoms with Crippen LogP contribution < -0.4 is 10.5 Å². The Bertz CT molecular complexity index is 847. The minimum atomic E-state index is -3.98. The molecule has 3 N–H and O–H groups in total. The van der Waals surface area contributed by atoms with E-state index in [1.807, 2.05) is 7.05 Å². The number of rotatable bonds is 4. The van der Waals surface area contributed by atoms with Gasteiger partial charge in [-0.2, -0.15) is 0 Å². The zero-order chi connectivity index (χ0) is 19.8. The summed E-state index contributed by atoms with van der Waals surface area (Å²) in [7, 11) is -2.16. The Labute approximate surface area is 159 Å². The van der Waals surface area contributed by atoms with E-state index in [1.165, 1.54) is 12.1 Å². The van der Waals surface area contributed by atoms with Crippen LogP contribution in [0.25, 0.3) is 0 Å². The molecule has 0 aliphatic carbocycles. The Hall–Kier alpha value is -1.97. The smallest absolute Gasteiger partial charge is 0.252 e. The van der Waals surface area contributed by atoms with Gasteiger partial charge in [-0.25, -0.2) is 13.6 Å². The molecule has 2 aliphatic rings. The van der Waals surface area contributed by atoms with Crippen molar-refractivity contribution in [2.75, 3.05) is 26.7 Å². The normalized spacial score (nSPS) is 22.3. The molecule has 2 amide bonds. The van der Waals surface area contributed by atoms with Crippen LogP contribution in [0.3, 0.4) is 0 Å². The van der Waals surface area contributed by atoms with E-state index in [2.05, 4.69) is 10.2 Å². The van der Waals surface area contributed by atoms with Crippen molar-refractivity contribution in [2.24, 2.45) is 5.14 Å². The first kappa shape index (κ1) is 19.8. The average Bonchev–Trinajstić information content (AvgIpc) is 2.93. The summed E-state index contributed by atoms with van der Waals surface area (Å²) in [5, 5.41) is 8.17. The third-order valence-corrected chi connectivity index (χ3v) is 6.36. The zero-order valence-electron chi connectivity index (χ0n) is 15.6. The molecule has 0 aromatic heterocycles. The van der Waals surface area contributed by atoms with E-state index in [-0.39, 0.29) is 28.4 Å². The Morgan fingerprint density at radius 3 is 2.41 bits per heavy atom. The van der Waals surface area contributed by atoms with Crippen molar-refractivity contribution in [1.29, 1.82) is 0 Å². The van der Waals surface area contributed by atoms with Crippen LogP contribution in [0.4, 0.5) is 0 Å². The van der Waals surface area contributed by atoms with Crippen molar-refractivity contribution < 1.29 is 18.0 Å². The van der Waals surface area contributed by atoms with E-state index in [0.717, 1.165) is 44.5 Å². The van der Waals surface area contributed by atoms with Gasteiger partial charge in [0.1, 0.15) is 0 Å². The fourth-order valence-corrected chi connectivity index (χ4v) is 4.55. The quantitative estimate of drug-likeness (QED) is 0.750. The van der Waals surface area contributed by atoms with Gasteiger partial charge in [-0.05, 0) is 38.3 Å². The topological polar surface area (TPSA) is 113 Å². The molecule has 0 bridgehead atoms. The van der Waals surface area contributed by atoms with E-state index in [4.69, 9.17) is 5.14 Å². The number of primary sulfonamides is 1. The molecular formula is C18H26N4O4S. The Kier molecular flexibility index (Phi) is 5.55. The van der Waals surface area contributed by atoms with Crippen LogP contribution in [0.2, 0.25) is 0 Å². The number of sulfonamides is 1. The number of nitrogens with one attached hydrogen (secondary N) is 1. The maximum Gasteiger partial charge on any atom is 0.252 e. The number of hydrogen-bond acceptors (Lipinski definition) is 5. The zero-order valence-corrected chi connectivity index (χ0v) is 16.5. The molecule has 148 valence electrons. The lowest BCUT2D eigenvalue weighted by molar-refractivity contribution is -0.131. The van der Waals surface area contributed by atoms with Crippen LogP contribution >= 0.6 is 0 Å². The highest BCUT2D eigenvalue weighted by atomic mass is 32.2. The fraction of sp³-hybridized carbons (Fsp3) is 0.556. The minimum absolute atomic E-state index is 0.0580. The number of likely N-dealkylation sites (N-methyl/N-ethyl adjacent to an activating group) is 1. The maximum absolute atomic E-state index is 12.7. The lowest BCUT2D eigenvalue weighted by atomic mass is 10.0. The molecule has 1 aromatic carbocycles. The van der Waals surface area contributed by atoms with E-state index < -0.39 is 15.9 Å². The highest BCUT2D eigenvalue weighted by Gasteiger charge is 2.36. The molecule has 0 spiro atoms. The maximum atomic E-state index is 12.7. The predicted molar refractivity (Wildman–Crippen MR) is 101 cm³/mol. The van der Waals surface area contributed by atoms with Gasteiger partial charge in [-0.15, -0.1) is 0 Å². The molecule has 27 heavy (non-hydrogen) atoms. The fourth-order valence-electron chi connectivity index (χ4n) is 3.83. The van der Waals surface area contributed by atoms with Crippen LogP contribution in [0.1, 0.15) is 35.2 Å². The van der Waals surface area contributed by atoms with Crippen molar-refractivity contribution in [3.63, 3.8) is 0 Å². The number of amides is 2. The Balaban J connectivity index is 1.64. The van der Waals surface area contributed by atoms with Crippen LogP contribution in [-0.2, 0) is 14.8 Å². The second kappa shape index (κ2) is 7.57. The summed E-state index contributed by atoms with van der Waals surface area (Å²) in [5.41, 5.74) is 0.860. The molecule has 2 heterocycles. The molecule has 1 unspecified atom stereocenters. The third-order valence-electron chi connectivity index (χ3n) is 5.39. The number of nitrogens with zero attached hydrogens (tertiary/aromatic N) is 2. The van der Waals surface area contributed by atoms with Gasteiger partial charge in [-0.3, -0.25) is 14.5 Å². The van der Waals surface area contributed by atoms with Gasteiger partial charge in [0.15, 0.2) is 0 Å². The van der Waals surface area contributed by atoms with E-state index in [1.54, 1.807) is 17.9 Å². The predicted octanol–water partition coefficient (Wildman–Crippen LogP) is 0.0673. The molecule has 9 heteroatoms. The summed E-state index contributed by atoms with van der Waals surface area (Å²) in [5.74, 6) is -0.270. The highest BCUT2D eigenvalue weighted by Crippen LogP contribution is 2.22. The largest absolute Gasteiger partial charge is 0.349 e. The summed E-state index contributed by atoms with van der Waals surface area (Å²) < 4.78 is 23.5. The van der Waals surface area contributed by atoms with Crippen molar-refractivity contribution in [3.05, 3.63) is 29.3 Å². The SMILES string of the molecule is Cc1ccc(S(N)(=O)=O)c(C(=O)NC2CCN(C3CCN(C)C3=O)CC2)c1. The molecule has 1 aromatic rings. The number of likely N-dealkylation sites (tertiary alicyclic amines) is 2. The first-order valence-corrected chi connectivity index (χ1v) is 10.6. The van der Waals surface area contributed by atoms with E-state index in [0.29, 0.717) is 0 Å². The van der Waals surface area contributed by atoms with Crippen LogP contribution in [0, 0.1) is 6.92 Å². The van der Waals surface area contributed by atoms with Gasteiger partial charge in [-0.1, -0.05) is 11.6 Å². The summed E-state index contributed by atoms with van der Waals surface area (Å²) >= 11 is 0. The standard InChI is InChI=1S/C18H26N4O4S/c1-12-3-4-16(27(19,25)26)14(11-12)17(23)20-13-5-9-22(10-6-13)15-7-8-21(2)18(15)24/h3-4,11,13,15H,5-10H2,1-2H3,(H,20,23)(H2,19,25,26). The Morgan fingerprint density at radius 1 is 1.19 bits per heavy atom. The summed E-state index contributed by atoms with van der Waals surface area (Å²) in [6.45, 7) is 4.03. The van der Waals surface area contributed by atoms with Gasteiger partial charge >= 0.3 is 0 Å². The van der Waals surface area contributed by atoms with Gasteiger partial charge in [0.05, 0.1) is 16.5 Å². The molecule has 8 nitrogen and oxygen atoms in total. The molecule has 1 atom stereocenters. The van der Waals surface area contributed by atoms with Crippen LogP contribution in [0.5, 0.6) is 0 Å². The number of hydrogen-bond donors (Lipinski definition) is 2. The summed E-state index contributed by atoms with van der Waals surface area (Å²) in [6.07, 6.45) is 2.28. The first-order valence-electron chi connectivity index (χ1n) is 9.10. The van der Waals surface area contributed by atoms with Crippen molar-refractivity contribution >= 4 is 21.8 Å². The number of aryl methyl sites for hydroxylation is 1. The number of carbonyl (C=O) groups excluding carboxylic acids is 2. The number of carbonyl (C=O) groups is 2. The van der Waals surface area contributed by atoms with E-state index >= 15 is 0 Å². The molecule has 2 aliphatic heterocycles. The van der Waals surface area contributed by atoms with Crippen molar-refractivity contribution in [2.45, 2.75) is 43.2 Å². The average molecular weight is 394 g/mol. The minimum Gasteiger partial charge on any atom is -0.349 e. The second-order valence-corrected chi connectivity index (χ2v) is 8.92. The third kappa shape index (κ3) is 4.31. The summed E-state index contributed by atoms with van der Waals surface area (Å²) in [6, 6.07) is 4.40. The molecular weight excluding hydrogens is 368 g/mol. The van der Waals surface area contributed by atoms with Crippen molar-refractivity contribution in [3.8, 4) is 0 Å².